The number of methoxy groups -OCH3 is 2. The fourth-order valence-corrected chi connectivity index (χ4v) is 4.74. The number of benzene rings is 3. The Morgan fingerprint density at radius 1 is 0.897 bits per heavy atom. The molecule has 4 aromatic rings. The van der Waals surface area contributed by atoms with Crippen molar-refractivity contribution in [3.05, 3.63) is 83.2 Å². The van der Waals surface area contributed by atoms with Crippen LogP contribution < -0.4 is 19.5 Å². The number of aryl methyl sites for hydroxylation is 2. The van der Waals surface area contributed by atoms with Crippen LogP contribution in [0.3, 0.4) is 0 Å². The largest absolute Gasteiger partial charge is 0.493 e. The molecule has 0 aliphatic rings. The lowest BCUT2D eigenvalue weighted by Crippen LogP contribution is -2.26. The van der Waals surface area contributed by atoms with Gasteiger partial charge < -0.3 is 24.1 Å². The van der Waals surface area contributed by atoms with Crippen molar-refractivity contribution in [3.63, 3.8) is 0 Å². The highest BCUT2D eigenvalue weighted by Gasteiger charge is 2.12. The van der Waals surface area contributed by atoms with Crippen LogP contribution in [0.5, 0.6) is 17.2 Å². The molecule has 7 nitrogen and oxygen atoms in total. The number of rotatable bonds is 14. The number of amides is 1. The van der Waals surface area contributed by atoms with Crippen LogP contribution in [-0.4, -0.2) is 42.8 Å². The van der Waals surface area contributed by atoms with E-state index in [4.69, 9.17) is 19.2 Å². The molecule has 1 amide bonds. The van der Waals surface area contributed by atoms with E-state index in [0.717, 1.165) is 60.4 Å². The maximum absolute atomic E-state index is 12.4. The van der Waals surface area contributed by atoms with E-state index in [1.54, 1.807) is 14.2 Å². The van der Waals surface area contributed by atoms with Crippen molar-refractivity contribution < 1.29 is 19.0 Å². The van der Waals surface area contributed by atoms with E-state index >= 15 is 0 Å². The van der Waals surface area contributed by atoms with Crippen molar-refractivity contribution in [2.45, 2.75) is 52.5 Å². The zero-order valence-electron chi connectivity index (χ0n) is 23.5. The molecule has 1 heterocycles. The smallest absolute Gasteiger partial charge is 0.224 e. The molecule has 39 heavy (non-hydrogen) atoms. The number of carbonyl (C=O) groups is 1. The maximum Gasteiger partial charge on any atom is 0.224 e. The number of aromatic nitrogens is 2. The third kappa shape index (κ3) is 7.31. The minimum absolute atomic E-state index is 0.00728. The summed E-state index contributed by atoms with van der Waals surface area (Å²) in [6.45, 7) is 6.19. The summed E-state index contributed by atoms with van der Waals surface area (Å²) in [5, 5.41) is 3.03. The van der Waals surface area contributed by atoms with Gasteiger partial charge in [0.2, 0.25) is 5.91 Å². The summed E-state index contributed by atoms with van der Waals surface area (Å²) in [5.74, 6) is 3.31. The van der Waals surface area contributed by atoms with E-state index in [9.17, 15) is 4.79 Å². The molecule has 0 unspecified atom stereocenters. The summed E-state index contributed by atoms with van der Waals surface area (Å²) in [6.07, 6.45) is 4.14. The van der Waals surface area contributed by atoms with Crippen LogP contribution >= 0.6 is 0 Å². The average molecular weight is 530 g/mol. The molecule has 0 bridgehead atoms. The molecule has 0 saturated carbocycles. The molecule has 4 rings (SSSR count). The molecule has 0 aliphatic carbocycles. The highest BCUT2D eigenvalue weighted by Crippen LogP contribution is 2.27. The quantitative estimate of drug-likeness (QED) is 0.208. The van der Waals surface area contributed by atoms with E-state index in [2.05, 4.69) is 48.0 Å². The first-order valence-electron chi connectivity index (χ1n) is 13.6. The van der Waals surface area contributed by atoms with Gasteiger partial charge in [0.1, 0.15) is 18.2 Å². The normalized spacial score (nSPS) is 11.0. The summed E-state index contributed by atoms with van der Waals surface area (Å²) in [5.41, 5.74) is 5.47. The van der Waals surface area contributed by atoms with Crippen LogP contribution in [0.15, 0.2) is 60.7 Å². The lowest BCUT2D eigenvalue weighted by Gasteiger charge is -2.13. The third-order valence-corrected chi connectivity index (χ3v) is 7.07. The molecule has 7 heteroatoms. The minimum Gasteiger partial charge on any atom is -0.493 e. The molecule has 0 fully saturated rings. The van der Waals surface area contributed by atoms with Gasteiger partial charge in [-0.3, -0.25) is 4.79 Å². The van der Waals surface area contributed by atoms with Crippen molar-refractivity contribution in [3.8, 4) is 17.2 Å². The zero-order chi connectivity index (χ0) is 27.6. The van der Waals surface area contributed by atoms with Gasteiger partial charge in [0.15, 0.2) is 11.5 Å². The second-order valence-corrected chi connectivity index (χ2v) is 9.74. The molecule has 1 aromatic heterocycles. The van der Waals surface area contributed by atoms with Crippen molar-refractivity contribution in [2.24, 2.45) is 0 Å². The van der Waals surface area contributed by atoms with Crippen LogP contribution in [0.1, 0.15) is 41.8 Å². The van der Waals surface area contributed by atoms with Crippen molar-refractivity contribution in [2.75, 3.05) is 27.4 Å². The first kappa shape index (κ1) is 28.0. The minimum atomic E-state index is 0.00728. The van der Waals surface area contributed by atoms with E-state index in [1.165, 1.54) is 11.1 Å². The van der Waals surface area contributed by atoms with E-state index < -0.39 is 0 Å². The summed E-state index contributed by atoms with van der Waals surface area (Å²) in [6, 6.07) is 20.0. The molecular formula is C32H39N3O4. The van der Waals surface area contributed by atoms with Crippen molar-refractivity contribution >= 4 is 16.9 Å². The molecule has 206 valence electrons. The van der Waals surface area contributed by atoms with Crippen LogP contribution in [-0.2, 0) is 24.2 Å². The zero-order valence-corrected chi connectivity index (χ0v) is 23.5. The van der Waals surface area contributed by atoms with Gasteiger partial charge in [-0.25, -0.2) is 4.98 Å². The van der Waals surface area contributed by atoms with Crippen LogP contribution in [0.25, 0.3) is 11.0 Å². The fraction of sp³-hybridized carbons (Fsp3) is 0.375. The third-order valence-electron chi connectivity index (χ3n) is 7.07. The van der Waals surface area contributed by atoms with Crippen LogP contribution in [0.2, 0.25) is 0 Å². The summed E-state index contributed by atoms with van der Waals surface area (Å²) >= 11 is 0. The van der Waals surface area contributed by atoms with Crippen molar-refractivity contribution in [1.82, 2.24) is 14.9 Å². The number of fused-ring (bicyclic) bond motifs is 1. The molecule has 0 radical (unpaired) electrons. The summed E-state index contributed by atoms with van der Waals surface area (Å²) < 4.78 is 19.0. The SMILES string of the molecule is COc1ccc(CC(=O)NCCCCCc2nc3ccccc3n2CCOc2cccc(C)c2C)cc1OC. The van der Waals surface area contributed by atoms with Gasteiger partial charge >= 0.3 is 0 Å². The van der Waals surface area contributed by atoms with Gasteiger partial charge in [-0.05, 0) is 73.7 Å². The topological polar surface area (TPSA) is 74.6 Å². The van der Waals surface area contributed by atoms with Gasteiger partial charge in [-0.1, -0.05) is 36.8 Å². The second-order valence-electron chi connectivity index (χ2n) is 9.74. The predicted octanol–water partition coefficient (Wildman–Crippen LogP) is 5.82. The lowest BCUT2D eigenvalue weighted by molar-refractivity contribution is -0.120. The Labute approximate surface area is 231 Å². The van der Waals surface area contributed by atoms with E-state index in [0.29, 0.717) is 31.1 Å². The Morgan fingerprint density at radius 3 is 2.54 bits per heavy atom. The van der Waals surface area contributed by atoms with Gasteiger partial charge in [0.05, 0.1) is 38.2 Å². The Morgan fingerprint density at radius 2 is 1.72 bits per heavy atom. The predicted molar refractivity (Wildman–Crippen MR) is 155 cm³/mol. The first-order chi connectivity index (χ1) is 19.0. The number of unbranched alkanes of at least 4 members (excludes halogenated alkanes) is 2. The van der Waals surface area contributed by atoms with Gasteiger partial charge in [0, 0.05) is 13.0 Å². The number of hydrogen-bond donors (Lipinski definition) is 1. The number of carbonyl (C=O) groups excluding carboxylic acids is 1. The highest BCUT2D eigenvalue weighted by molar-refractivity contribution is 5.78. The average Bonchev–Trinajstić information content (AvgIpc) is 3.30. The summed E-state index contributed by atoms with van der Waals surface area (Å²) in [7, 11) is 3.19. The monoisotopic (exact) mass is 529 g/mol. The Bertz CT molecular complexity index is 1400. The first-order valence-corrected chi connectivity index (χ1v) is 13.6. The number of nitrogens with one attached hydrogen (secondary N) is 1. The second kappa shape index (κ2) is 13.7. The Hall–Kier alpha value is -4.00. The van der Waals surface area contributed by atoms with Crippen molar-refractivity contribution in [1.29, 1.82) is 0 Å². The Balaban J connectivity index is 1.24. The molecule has 0 aliphatic heterocycles. The molecular weight excluding hydrogens is 490 g/mol. The molecule has 0 saturated heterocycles. The number of hydrogen-bond acceptors (Lipinski definition) is 5. The van der Waals surface area contributed by atoms with Gasteiger partial charge in [-0.2, -0.15) is 0 Å². The van der Waals surface area contributed by atoms with E-state index in [-0.39, 0.29) is 5.91 Å². The van der Waals surface area contributed by atoms with Gasteiger partial charge in [-0.15, -0.1) is 0 Å². The fourth-order valence-electron chi connectivity index (χ4n) is 4.74. The Kier molecular flexibility index (Phi) is 9.84. The number of nitrogens with zero attached hydrogens (tertiary/aromatic N) is 2. The number of para-hydroxylation sites is 2. The van der Waals surface area contributed by atoms with Gasteiger partial charge in [0.25, 0.3) is 0 Å². The lowest BCUT2D eigenvalue weighted by atomic mass is 10.1. The maximum atomic E-state index is 12.4. The van der Waals surface area contributed by atoms with Crippen LogP contribution in [0, 0.1) is 13.8 Å². The number of ether oxygens (including phenoxy) is 3. The van der Waals surface area contributed by atoms with E-state index in [1.807, 2.05) is 36.4 Å². The molecule has 3 aromatic carbocycles. The van der Waals surface area contributed by atoms with Crippen LogP contribution in [0.4, 0.5) is 0 Å². The summed E-state index contributed by atoms with van der Waals surface area (Å²) in [4.78, 5) is 17.3. The standard InChI is InChI=1S/C32H39N3O4/c1-23-11-10-14-28(24(23)2)39-20-19-35-27-13-8-7-12-26(27)34-31(35)15-6-5-9-18-33-32(36)22-25-16-17-29(37-3)30(21-25)38-4/h7-8,10-14,16-17,21H,5-6,9,15,18-20,22H2,1-4H3,(H,33,36). The molecule has 0 atom stereocenters. The molecule has 1 N–H and O–H groups in total. The molecule has 0 spiro atoms. The number of imidazole rings is 1. The highest BCUT2D eigenvalue weighted by atomic mass is 16.5.